The van der Waals surface area contributed by atoms with Crippen molar-refractivity contribution in [1.29, 1.82) is 0 Å². The fraction of sp³-hybridized carbons (Fsp3) is 0.583. The van der Waals surface area contributed by atoms with Crippen LogP contribution >= 0.6 is 11.3 Å². The summed E-state index contributed by atoms with van der Waals surface area (Å²) in [5.74, 6) is -0.237. The lowest BCUT2D eigenvalue weighted by molar-refractivity contribution is -0.133. The van der Waals surface area contributed by atoms with Gasteiger partial charge in [-0.05, 0) is 30.4 Å². The van der Waals surface area contributed by atoms with Crippen molar-refractivity contribution >= 4 is 27.1 Å². The van der Waals surface area contributed by atoms with Gasteiger partial charge in [-0.3, -0.25) is 4.79 Å². The minimum atomic E-state index is -2.99. The highest BCUT2D eigenvalue weighted by Gasteiger charge is 2.34. The number of sulfone groups is 1. The highest BCUT2D eigenvalue weighted by Crippen LogP contribution is 2.23. The zero-order valence-corrected chi connectivity index (χ0v) is 12.2. The second kappa shape index (κ2) is 5.01. The number of amides is 1. The monoisotopic (exact) mass is 287 g/mol. The summed E-state index contributed by atoms with van der Waals surface area (Å²) in [6.07, 6.45) is 0.467. The van der Waals surface area contributed by atoms with Gasteiger partial charge in [-0.1, -0.05) is 0 Å². The average Bonchev–Trinajstić information content (AvgIpc) is 2.84. The van der Waals surface area contributed by atoms with Crippen molar-refractivity contribution in [2.24, 2.45) is 5.92 Å². The molecule has 0 aliphatic carbocycles. The van der Waals surface area contributed by atoms with Gasteiger partial charge in [0, 0.05) is 11.9 Å². The first-order valence-electron chi connectivity index (χ1n) is 5.87. The van der Waals surface area contributed by atoms with Gasteiger partial charge in [-0.2, -0.15) is 0 Å². The maximum Gasteiger partial charge on any atom is 0.226 e. The maximum absolute atomic E-state index is 12.1. The standard InChI is InChI=1S/C12H17NO3S2/c1-9-3-5-17-11(9)7-13(2)12(14)10-4-6-18(15,16)8-10/h3,5,10H,4,6-8H2,1-2H3. The molecule has 1 aliphatic heterocycles. The van der Waals surface area contributed by atoms with E-state index in [9.17, 15) is 13.2 Å². The lowest BCUT2D eigenvalue weighted by Gasteiger charge is -2.20. The van der Waals surface area contributed by atoms with E-state index in [1.165, 1.54) is 5.56 Å². The van der Waals surface area contributed by atoms with Gasteiger partial charge in [-0.15, -0.1) is 11.3 Å². The summed E-state index contributed by atoms with van der Waals surface area (Å²) in [5, 5.41) is 2.00. The van der Waals surface area contributed by atoms with Crippen molar-refractivity contribution in [3.05, 3.63) is 21.9 Å². The van der Waals surface area contributed by atoms with Crippen LogP contribution in [-0.2, 0) is 21.2 Å². The van der Waals surface area contributed by atoms with Gasteiger partial charge in [0.05, 0.1) is 24.0 Å². The molecule has 0 bridgehead atoms. The van der Waals surface area contributed by atoms with Crippen molar-refractivity contribution in [2.75, 3.05) is 18.6 Å². The van der Waals surface area contributed by atoms with Crippen molar-refractivity contribution in [1.82, 2.24) is 4.90 Å². The molecule has 0 spiro atoms. The summed E-state index contributed by atoms with van der Waals surface area (Å²) in [6.45, 7) is 2.59. The molecule has 6 heteroatoms. The minimum Gasteiger partial charge on any atom is -0.340 e. The lowest BCUT2D eigenvalue weighted by atomic mass is 10.1. The van der Waals surface area contributed by atoms with Crippen LogP contribution in [0.25, 0.3) is 0 Å². The van der Waals surface area contributed by atoms with Crippen LogP contribution in [0.2, 0.25) is 0 Å². The Labute approximate surface area is 112 Å². The Morgan fingerprint density at radius 2 is 2.28 bits per heavy atom. The van der Waals surface area contributed by atoms with E-state index in [1.807, 2.05) is 18.4 Å². The summed E-state index contributed by atoms with van der Waals surface area (Å²) in [6, 6.07) is 2.03. The number of nitrogens with zero attached hydrogens (tertiary/aromatic N) is 1. The number of rotatable bonds is 3. The highest BCUT2D eigenvalue weighted by atomic mass is 32.2. The molecule has 0 radical (unpaired) electrons. The fourth-order valence-corrected chi connectivity index (χ4v) is 4.85. The van der Waals surface area contributed by atoms with E-state index in [0.717, 1.165) is 4.88 Å². The van der Waals surface area contributed by atoms with Gasteiger partial charge in [0.1, 0.15) is 0 Å². The molecule has 4 nitrogen and oxygen atoms in total. The van der Waals surface area contributed by atoms with Crippen molar-refractivity contribution in [3.8, 4) is 0 Å². The highest BCUT2D eigenvalue weighted by molar-refractivity contribution is 7.91. The third kappa shape index (κ3) is 2.92. The number of hydrogen-bond donors (Lipinski definition) is 0. The summed E-state index contributed by atoms with van der Waals surface area (Å²) < 4.78 is 22.7. The quantitative estimate of drug-likeness (QED) is 0.845. The third-order valence-electron chi connectivity index (χ3n) is 3.31. The van der Waals surface area contributed by atoms with E-state index < -0.39 is 9.84 Å². The molecule has 1 unspecified atom stereocenters. The Morgan fingerprint density at radius 3 is 2.78 bits per heavy atom. The zero-order valence-electron chi connectivity index (χ0n) is 10.5. The molecule has 0 N–H and O–H groups in total. The molecule has 1 fully saturated rings. The SMILES string of the molecule is Cc1ccsc1CN(C)C(=O)C1CCS(=O)(=O)C1. The van der Waals surface area contributed by atoms with Gasteiger partial charge >= 0.3 is 0 Å². The van der Waals surface area contributed by atoms with Gasteiger partial charge in [0.15, 0.2) is 9.84 Å². The van der Waals surface area contributed by atoms with E-state index in [0.29, 0.717) is 13.0 Å². The second-order valence-electron chi connectivity index (χ2n) is 4.82. The van der Waals surface area contributed by atoms with Crippen LogP contribution in [0.5, 0.6) is 0 Å². The molecule has 1 amide bonds. The molecule has 1 aromatic heterocycles. The Kier molecular flexibility index (Phi) is 3.77. The first-order chi connectivity index (χ1) is 8.39. The van der Waals surface area contributed by atoms with E-state index in [1.54, 1.807) is 23.3 Å². The Balaban J connectivity index is 2.00. The third-order valence-corrected chi connectivity index (χ3v) is 6.08. The molecule has 0 aromatic carbocycles. The molecule has 100 valence electrons. The number of aryl methyl sites for hydroxylation is 1. The number of hydrogen-bond acceptors (Lipinski definition) is 4. The van der Waals surface area contributed by atoms with Crippen LogP contribution in [0.15, 0.2) is 11.4 Å². The Hall–Kier alpha value is -0.880. The van der Waals surface area contributed by atoms with Crippen molar-refractivity contribution < 1.29 is 13.2 Å². The van der Waals surface area contributed by atoms with Gasteiger partial charge in [0.2, 0.25) is 5.91 Å². The van der Waals surface area contributed by atoms with Gasteiger partial charge in [-0.25, -0.2) is 8.42 Å². The van der Waals surface area contributed by atoms with E-state index >= 15 is 0 Å². The topological polar surface area (TPSA) is 54.5 Å². The molecule has 1 saturated heterocycles. The lowest BCUT2D eigenvalue weighted by Crippen LogP contribution is -2.33. The number of carbonyl (C=O) groups excluding carboxylic acids is 1. The maximum atomic E-state index is 12.1. The van der Waals surface area contributed by atoms with Crippen LogP contribution < -0.4 is 0 Å². The number of carbonyl (C=O) groups is 1. The molecule has 2 heterocycles. The molecule has 18 heavy (non-hydrogen) atoms. The summed E-state index contributed by atoms with van der Waals surface area (Å²) >= 11 is 1.63. The first-order valence-corrected chi connectivity index (χ1v) is 8.57. The number of thiophene rings is 1. The second-order valence-corrected chi connectivity index (χ2v) is 8.05. The molecule has 0 saturated carbocycles. The summed E-state index contributed by atoms with van der Waals surface area (Å²) in [5.41, 5.74) is 1.18. The van der Waals surface area contributed by atoms with Crippen LogP contribution in [0.3, 0.4) is 0 Å². The summed E-state index contributed by atoms with van der Waals surface area (Å²) in [4.78, 5) is 14.9. The predicted octanol–water partition coefficient (Wildman–Crippen LogP) is 1.45. The Bertz CT molecular complexity index is 547. The van der Waals surface area contributed by atoms with E-state index in [-0.39, 0.29) is 23.3 Å². The molecule has 1 atom stereocenters. The minimum absolute atomic E-state index is 0.0135. The van der Waals surface area contributed by atoms with Gasteiger partial charge in [0.25, 0.3) is 0 Å². The van der Waals surface area contributed by atoms with Crippen molar-refractivity contribution in [2.45, 2.75) is 19.9 Å². The fourth-order valence-electron chi connectivity index (χ4n) is 2.16. The predicted molar refractivity (Wildman–Crippen MR) is 72.3 cm³/mol. The smallest absolute Gasteiger partial charge is 0.226 e. The largest absolute Gasteiger partial charge is 0.340 e. The van der Waals surface area contributed by atoms with Crippen LogP contribution in [0.4, 0.5) is 0 Å². The van der Waals surface area contributed by atoms with Crippen molar-refractivity contribution in [3.63, 3.8) is 0 Å². The molecule has 1 aliphatic rings. The zero-order chi connectivity index (χ0) is 13.3. The molecule has 1 aromatic rings. The first kappa shape index (κ1) is 13.5. The van der Waals surface area contributed by atoms with Crippen LogP contribution in [0.1, 0.15) is 16.9 Å². The van der Waals surface area contributed by atoms with Crippen LogP contribution in [0, 0.1) is 12.8 Å². The molecule has 2 rings (SSSR count). The van der Waals surface area contributed by atoms with E-state index in [4.69, 9.17) is 0 Å². The van der Waals surface area contributed by atoms with Crippen LogP contribution in [-0.4, -0.2) is 37.8 Å². The average molecular weight is 287 g/mol. The van der Waals surface area contributed by atoms with Gasteiger partial charge < -0.3 is 4.90 Å². The van der Waals surface area contributed by atoms with E-state index in [2.05, 4.69) is 0 Å². The molecular weight excluding hydrogens is 270 g/mol. The Morgan fingerprint density at radius 1 is 1.56 bits per heavy atom. The molecular formula is C12H17NO3S2. The normalized spacial score (nSPS) is 22.0. The summed E-state index contributed by atoms with van der Waals surface area (Å²) in [7, 11) is -1.25.